The molecular weight excluding hydrogens is 350 g/mol. The van der Waals surface area contributed by atoms with E-state index in [1.165, 1.54) is 7.11 Å². The SMILES string of the molecule is COC(=O)[C@@H]1C[C@H](OC)CN1C(=O)CCc1ccccc1Br. The quantitative estimate of drug-likeness (QED) is 0.746. The van der Waals surface area contributed by atoms with Gasteiger partial charge in [0.2, 0.25) is 5.91 Å². The fourth-order valence-electron chi connectivity index (χ4n) is 2.69. The zero-order chi connectivity index (χ0) is 16.1. The van der Waals surface area contributed by atoms with Crippen molar-refractivity contribution >= 4 is 27.8 Å². The molecule has 0 N–H and O–H groups in total. The van der Waals surface area contributed by atoms with Gasteiger partial charge >= 0.3 is 5.97 Å². The van der Waals surface area contributed by atoms with Gasteiger partial charge in [-0.2, -0.15) is 0 Å². The van der Waals surface area contributed by atoms with Gasteiger partial charge in [0, 0.05) is 31.0 Å². The van der Waals surface area contributed by atoms with E-state index in [-0.39, 0.29) is 18.0 Å². The molecule has 1 fully saturated rings. The number of likely N-dealkylation sites (tertiary alicyclic amines) is 1. The van der Waals surface area contributed by atoms with Gasteiger partial charge in [0.05, 0.1) is 13.2 Å². The van der Waals surface area contributed by atoms with Crippen molar-refractivity contribution in [3.63, 3.8) is 0 Å². The molecule has 1 heterocycles. The maximum atomic E-state index is 12.5. The lowest BCUT2D eigenvalue weighted by Gasteiger charge is -2.22. The van der Waals surface area contributed by atoms with Crippen molar-refractivity contribution in [2.45, 2.75) is 31.4 Å². The molecule has 0 saturated carbocycles. The van der Waals surface area contributed by atoms with Crippen molar-refractivity contribution in [3.05, 3.63) is 34.3 Å². The zero-order valence-corrected chi connectivity index (χ0v) is 14.3. The predicted molar refractivity (Wildman–Crippen MR) is 85.4 cm³/mol. The van der Waals surface area contributed by atoms with E-state index in [1.54, 1.807) is 12.0 Å². The molecule has 6 heteroatoms. The summed E-state index contributed by atoms with van der Waals surface area (Å²) in [6.45, 7) is 0.436. The number of rotatable bonds is 5. The first-order valence-corrected chi connectivity index (χ1v) is 7.99. The van der Waals surface area contributed by atoms with Crippen LogP contribution in [0.25, 0.3) is 0 Å². The van der Waals surface area contributed by atoms with Crippen molar-refractivity contribution in [1.82, 2.24) is 4.90 Å². The van der Waals surface area contributed by atoms with Crippen LogP contribution in [0.2, 0.25) is 0 Å². The Hall–Kier alpha value is -1.40. The van der Waals surface area contributed by atoms with Crippen molar-refractivity contribution in [2.24, 2.45) is 0 Å². The van der Waals surface area contributed by atoms with Crippen LogP contribution in [0.1, 0.15) is 18.4 Å². The number of nitrogens with zero attached hydrogens (tertiary/aromatic N) is 1. The molecule has 0 aliphatic carbocycles. The number of amides is 1. The third kappa shape index (κ3) is 3.87. The minimum atomic E-state index is -0.540. The molecule has 120 valence electrons. The number of halogens is 1. The smallest absolute Gasteiger partial charge is 0.328 e. The number of aryl methyl sites for hydroxylation is 1. The Balaban J connectivity index is 2.01. The lowest BCUT2D eigenvalue weighted by atomic mass is 10.1. The van der Waals surface area contributed by atoms with Gasteiger partial charge in [0.1, 0.15) is 6.04 Å². The topological polar surface area (TPSA) is 55.8 Å². The predicted octanol–water partition coefficient (Wildman–Crippen LogP) is 2.17. The van der Waals surface area contributed by atoms with Crippen LogP contribution in [0.4, 0.5) is 0 Å². The highest BCUT2D eigenvalue weighted by Crippen LogP contribution is 2.23. The fraction of sp³-hybridized carbons (Fsp3) is 0.500. The standard InChI is InChI=1S/C16H20BrNO4/c1-21-12-9-14(16(20)22-2)18(10-12)15(19)8-7-11-5-3-4-6-13(11)17/h3-6,12,14H,7-10H2,1-2H3/t12-,14-/m0/s1. The highest BCUT2D eigenvalue weighted by atomic mass is 79.9. The second-order valence-corrected chi connectivity index (χ2v) is 6.12. The van der Waals surface area contributed by atoms with Crippen molar-refractivity contribution < 1.29 is 19.1 Å². The van der Waals surface area contributed by atoms with Crippen molar-refractivity contribution in [3.8, 4) is 0 Å². The molecule has 5 nitrogen and oxygen atoms in total. The van der Waals surface area contributed by atoms with Crippen LogP contribution in [0, 0.1) is 0 Å². The summed E-state index contributed by atoms with van der Waals surface area (Å²) in [7, 11) is 2.93. The van der Waals surface area contributed by atoms with Crippen LogP contribution >= 0.6 is 15.9 Å². The minimum Gasteiger partial charge on any atom is -0.467 e. The average molecular weight is 370 g/mol. The molecule has 1 saturated heterocycles. The Kier molecular flexibility index (Phi) is 5.97. The summed E-state index contributed by atoms with van der Waals surface area (Å²) in [5, 5.41) is 0. The first kappa shape index (κ1) is 17.0. The molecule has 2 rings (SSSR count). The van der Waals surface area contributed by atoms with E-state index in [1.807, 2.05) is 24.3 Å². The van der Waals surface area contributed by atoms with Gasteiger partial charge in [-0.15, -0.1) is 0 Å². The maximum absolute atomic E-state index is 12.5. The Bertz CT molecular complexity index is 549. The summed E-state index contributed by atoms with van der Waals surface area (Å²) in [5.41, 5.74) is 1.08. The number of ether oxygens (including phenoxy) is 2. The lowest BCUT2D eigenvalue weighted by molar-refractivity contribution is -0.150. The van der Waals surface area contributed by atoms with Crippen LogP contribution in [0.3, 0.4) is 0 Å². The molecule has 1 aliphatic heterocycles. The van der Waals surface area contributed by atoms with Crippen molar-refractivity contribution in [2.75, 3.05) is 20.8 Å². The molecule has 0 bridgehead atoms. The largest absolute Gasteiger partial charge is 0.467 e. The van der Waals surface area contributed by atoms with E-state index in [4.69, 9.17) is 9.47 Å². The average Bonchev–Trinajstić information content (AvgIpc) is 2.97. The van der Waals surface area contributed by atoms with Gasteiger partial charge < -0.3 is 14.4 Å². The number of hydrogen-bond acceptors (Lipinski definition) is 4. The second-order valence-electron chi connectivity index (χ2n) is 5.27. The summed E-state index contributed by atoms with van der Waals surface area (Å²) >= 11 is 3.48. The molecule has 2 atom stereocenters. The molecule has 1 amide bonds. The molecule has 1 aromatic carbocycles. The van der Waals surface area contributed by atoms with Gasteiger partial charge in [0.15, 0.2) is 0 Å². The first-order valence-electron chi connectivity index (χ1n) is 7.20. The van der Waals surface area contributed by atoms with Gasteiger partial charge in [-0.05, 0) is 18.1 Å². The molecule has 0 unspecified atom stereocenters. The van der Waals surface area contributed by atoms with Gasteiger partial charge in [0.25, 0.3) is 0 Å². The van der Waals surface area contributed by atoms with Gasteiger partial charge in [-0.25, -0.2) is 4.79 Å². The minimum absolute atomic E-state index is 0.0503. The third-order valence-corrected chi connectivity index (χ3v) is 4.73. The summed E-state index contributed by atoms with van der Waals surface area (Å²) < 4.78 is 11.1. The molecule has 1 aromatic rings. The van der Waals surface area contributed by atoms with Gasteiger partial charge in [-0.3, -0.25) is 4.79 Å². The second kappa shape index (κ2) is 7.74. The van der Waals surface area contributed by atoms with Crippen LogP contribution < -0.4 is 0 Å². The molecule has 0 aromatic heterocycles. The molecule has 0 radical (unpaired) electrons. The number of benzene rings is 1. The summed E-state index contributed by atoms with van der Waals surface area (Å²) in [6.07, 6.45) is 1.36. The van der Waals surface area contributed by atoms with Gasteiger partial charge in [-0.1, -0.05) is 34.1 Å². The van der Waals surface area contributed by atoms with Crippen molar-refractivity contribution in [1.29, 1.82) is 0 Å². The molecular formula is C16H20BrNO4. The summed E-state index contributed by atoms with van der Waals surface area (Å²) in [4.78, 5) is 25.9. The lowest BCUT2D eigenvalue weighted by Crippen LogP contribution is -2.41. The van der Waals surface area contributed by atoms with Crippen LogP contribution in [0.15, 0.2) is 28.7 Å². The molecule has 22 heavy (non-hydrogen) atoms. The number of esters is 1. The Morgan fingerprint density at radius 2 is 2.05 bits per heavy atom. The van der Waals surface area contributed by atoms with E-state index in [2.05, 4.69) is 15.9 Å². The monoisotopic (exact) mass is 369 g/mol. The highest BCUT2D eigenvalue weighted by molar-refractivity contribution is 9.10. The van der Waals surface area contributed by atoms with E-state index in [9.17, 15) is 9.59 Å². The first-order chi connectivity index (χ1) is 10.6. The fourth-order valence-corrected chi connectivity index (χ4v) is 3.17. The zero-order valence-electron chi connectivity index (χ0n) is 12.8. The van der Waals surface area contributed by atoms with Crippen LogP contribution in [-0.2, 0) is 25.5 Å². The van der Waals surface area contributed by atoms with Crippen LogP contribution in [0.5, 0.6) is 0 Å². The maximum Gasteiger partial charge on any atom is 0.328 e. The van der Waals surface area contributed by atoms with E-state index >= 15 is 0 Å². The number of methoxy groups -OCH3 is 2. The summed E-state index contributed by atoms with van der Waals surface area (Å²) in [5.74, 6) is -0.431. The van der Waals surface area contributed by atoms with Crippen LogP contribution in [-0.4, -0.2) is 49.7 Å². The number of carbonyl (C=O) groups is 2. The highest BCUT2D eigenvalue weighted by Gasteiger charge is 2.40. The number of carbonyl (C=O) groups excluding carboxylic acids is 2. The van der Waals surface area contributed by atoms with E-state index in [0.29, 0.717) is 25.8 Å². The normalized spacial score (nSPS) is 21.0. The summed E-state index contributed by atoms with van der Waals surface area (Å²) in [6, 6.07) is 7.28. The Labute approximate surface area is 138 Å². The van der Waals surface area contributed by atoms with E-state index < -0.39 is 6.04 Å². The third-order valence-electron chi connectivity index (χ3n) is 3.96. The number of hydrogen-bond donors (Lipinski definition) is 0. The Morgan fingerprint density at radius 3 is 2.68 bits per heavy atom. The molecule has 1 aliphatic rings. The van der Waals surface area contributed by atoms with E-state index in [0.717, 1.165) is 10.0 Å². The Morgan fingerprint density at radius 1 is 1.32 bits per heavy atom. The molecule has 0 spiro atoms.